The summed E-state index contributed by atoms with van der Waals surface area (Å²) in [5.41, 5.74) is 0. The van der Waals surface area contributed by atoms with E-state index in [0.29, 0.717) is 0 Å². The van der Waals surface area contributed by atoms with Gasteiger partial charge in [-0.2, -0.15) is 0 Å². The van der Waals surface area contributed by atoms with Crippen molar-refractivity contribution in [1.29, 1.82) is 0 Å². The van der Waals surface area contributed by atoms with Gasteiger partial charge in [-0.15, -0.1) is 0 Å². The van der Waals surface area contributed by atoms with Crippen molar-refractivity contribution in [3.8, 4) is 0 Å². The molecule has 0 aromatic heterocycles. The number of rotatable bonds is 9. The van der Waals surface area contributed by atoms with Crippen LogP contribution in [0.1, 0.15) is 0 Å². The first kappa shape index (κ1) is 36.4. The van der Waals surface area contributed by atoms with Crippen LogP contribution >= 0.6 is 0 Å². The van der Waals surface area contributed by atoms with E-state index < -0.39 is 149 Å². The lowest BCUT2D eigenvalue weighted by molar-refractivity contribution is -0.362. The van der Waals surface area contributed by atoms with Gasteiger partial charge in [0.05, 0.1) is 33.0 Å². The Labute approximate surface area is 260 Å². The number of aliphatic hydroxyl groups is 12. The molecule has 21 nitrogen and oxygen atoms in total. The SMILES string of the molecule is OC[C@@H]1O[C@@H](O[C@@H]2[C@@H](O)[C@@H](O)OC[C@H]2O[C@@H]2OC[C@@H](O[C@@H]3OC[C@@H](O[C@@H]4OC[C@@H](O)[C@H](O)[C@H]4O)[C@H](O)[C@H]3O)[C@H](O)[C@H]2O)[C@H](O)[C@H]1O. The highest BCUT2D eigenvalue weighted by molar-refractivity contribution is 4.93. The first-order valence-electron chi connectivity index (χ1n) is 14.7. The minimum absolute atomic E-state index is 0.356. The highest BCUT2D eigenvalue weighted by Gasteiger charge is 2.52. The summed E-state index contributed by atoms with van der Waals surface area (Å²) < 4.78 is 48.7. The van der Waals surface area contributed by atoms with Crippen LogP contribution in [0.5, 0.6) is 0 Å². The summed E-state index contributed by atoms with van der Waals surface area (Å²) in [6, 6.07) is 0. The molecule has 0 amide bonds. The fourth-order valence-corrected chi connectivity index (χ4v) is 5.62. The van der Waals surface area contributed by atoms with Crippen molar-refractivity contribution in [3.05, 3.63) is 0 Å². The van der Waals surface area contributed by atoms with E-state index >= 15 is 0 Å². The minimum atomic E-state index is -1.81. The molecule has 0 spiro atoms. The van der Waals surface area contributed by atoms with Crippen molar-refractivity contribution < 1.29 is 104 Å². The third-order valence-corrected chi connectivity index (χ3v) is 8.47. The number of ether oxygens (including phenoxy) is 9. The van der Waals surface area contributed by atoms with Crippen LogP contribution < -0.4 is 0 Å². The Morgan fingerprint density at radius 3 is 1.41 bits per heavy atom. The van der Waals surface area contributed by atoms with Gasteiger partial charge in [-0.25, -0.2) is 0 Å². The predicted octanol–water partition coefficient (Wildman–Crippen LogP) is -8.73. The Bertz CT molecular complexity index is 965. The summed E-state index contributed by atoms with van der Waals surface area (Å²) >= 11 is 0. The van der Waals surface area contributed by atoms with Crippen LogP contribution in [0.25, 0.3) is 0 Å². The molecule has 5 rings (SSSR count). The monoisotopic (exact) mass is 678 g/mol. The van der Waals surface area contributed by atoms with Crippen LogP contribution in [0.3, 0.4) is 0 Å². The fourth-order valence-electron chi connectivity index (χ4n) is 5.62. The van der Waals surface area contributed by atoms with Crippen molar-refractivity contribution in [2.45, 2.75) is 123 Å². The third-order valence-electron chi connectivity index (χ3n) is 8.47. The smallest absolute Gasteiger partial charge is 0.187 e. The van der Waals surface area contributed by atoms with Gasteiger partial charge in [0, 0.05) is 0 Å². The molecule has 12 N–H and O–H groups in total. The van der Waals surface area contributed by atoms with Crippen molar-refractivity contribution in [2.75, 3.05) is 33.0 Å². The van der Waals surface area contributed by atoms with Crippen molar-refractivity contribution >= 4 is 0 Å². The molecule has 0 aromatic rings. The van der Waals surface area contributed by atoms with E-state index in [0.717, 1.165) is 0 Å². The highest BCUT2D eigenvalue weighted by Crippen LogP contribution is 2.31. The second-order valence-corrected chi connectivity index (χ2v) is 11.7. The van der Waals surface area contributed by atoms with Gasteiger partial charge in [-0.05, 0) is 0 Å². The maximum atomic E-state index is 10.8. The normalized spacial score (nSPS) is 53.7. The highest BCUT2D eigenvalue weighted by atomic mass is 16.8. The second kappa shape index (κ2) is 15.4. The lowest BCUT2D eigenvalue weighted by Crippen LogP contribution is -2.63. The van der Waals surface area contributed by atoms with E-state index in [4.69, 9.17) is 42.6 Å². The molecular weight excluding hydrogens is 636 g/mol. The average Bonchev–Trinajstić information content (AvgIpc) is 3.31. The lowest BCUT2D eigenvalue weighted by atomic mass is 10.0. The lowest BCUT2D eigenvalue weighted by Gasteiger charge is -2.45. The molecule has 5 saturated heterocycles. The van der Waals surface area contributed by atoms with Crippen LogP contribution in [0.15, 0.2) is 0 Å². The summed E-state index contributed by atoms with van der Waals surface area (Å²) in [7, 11) is 0. The van der Waals surface area contributed by atoms with Crippen LogP contribution in [0, 0.1) is 0 Å². The Kier molecular flexibility index (Phi) is 12.2. The molecule has 20 atom stereocenters. The molecule has 5 fully saturated rings. The first-order valence-corrected chi connectivity index (χ1v) is 14.7. The summed E-state index contributed by atoms with van der Waals surface area (Å²) in [5, 5.41) is 122. The van der Waals surface area contributed by atoms with Crippen LogP contribution in [-0.2, 0) is 42.6 Å². The van der Waals surface area contributed by atoms with Crippen LogP contribution in [0.4, 0.5) is 0 Å². The quantitative estimate of drug-likeness (QED) is 0.108. The Morgan fingerprint density at radius 2 is 0.891 bits per heavy atom. The van der Waals surface area contributed by atoms with Crippen LogP contribution in [-0.4, -0.2) is 217 Å². The van der Waals surface area contributed by atoms with Gasteiger partial charge in [-0.1, -0.05) is 0 Å². The number of aliphatic hydroxyl groups excluding tert-OH is 12. The molecule has 46 heavy (non-hydrogen) atoms. The number of hydrogen-bond donors (Lipinski definition) is 12. The Morgan fingerprint density at radius 1 is 0.435 bits per heavy atom. The minimum Gasteiger partial charge on any atom is -0.394 e. The van der Waals surface area contributed by atoms with Gasteiger partial charge < -0.3 is 104 Å². The first-order chi connectivity index (χ1) is 21.8. The standard InChI is InChI=1S/C25H42O21/c26-1-7-12(29)18(35)25(42-7)46-20-10(5-38-21(37)19(20)36)45-24-17(34)14(31)9(4-41-24)44-23-16(33)13(30)8(3-40-23)43-22-15(32)11(28)6(27)2-39-22/h6-37H,1-5H2/t6-,7+,8-,9-,10-,11+,12+,13+,14+,15-,16-,17-,18-,19-,20+,21+,22+,23+,24+,25+/m1/s1. The summed E-state index contributed by atoms with van der Waals surface area (Å²) in [6.07, 6.45) is -30.9. The van der Waals surface area contributed by atoms with Gasteiger partial charge in [0.25, 0.3) is 0 Å². The summed E-state index contributed by atoms with van der Waals surface area (Å²) in [4.78, 5) is 0. The van der Waals surface area contributed by atoms with E-state index in [-0.39, 0.29) is 6.61 Å². The molecule has 0 aliphatic carbocycles. The maximum Gasteiger partial charge on any atom is 0.187 e. The molecule has 0 radical (unpaired) electrons. The molecule has 5 heterocycles. The Balaban J connectivity index is 1.14. The molecule has 5 aliphatic heterocycles. The molecule has 268 valence electrons. The number of hydrogen-bond acceptors (Lipinski definition) is 21. The van der Waals surface area contributed by atoms with Gasteiger partial charge in [0.15, 0.2) is 31.5 Å². The third kappa shape index (κ3) is 7.50. The largest absolute Gasteiger partial charge is 0.394 e. The maximum absolute atomic E-state index is 10.8. The predicted molar refractivity (Wildman–Crippen MR) is 136 cm³/mol. The zero-order chi connectivity index (χ0) is 33.4. The summed E-state index contributed by atoms with van der Waals surface area (Å²) in [6.45, 7) is -2.28. The van der Waals surface area contributed by atoms with E-state index in [1.54, 1.807) is 0 Å². The van der Waals surface area contributed by atoms with E-state index in [1.807, 2.05) is 0 Å². The van der Waals surface area contributed by atoms with Gasteiger partial charge in [-0.3, -0.25) is 0 Å². The molecule has 21 heteroatoms. The zero-order valence-corrected chi connectivity index (χ0v) is 24.1. The van der Waals surface area contributed by atoms with Gasteiger partial charge in [0.2, 0.25) is 0 Å². The van der Waals surface area contributed by atoms with Crippen LogP contribution in [0.2, 0.25) is 0 Å². The second-order valence-electron chi connectivity index (χ2n) is 11.7. The zero-order valence-electron chi connectivity index (χ0n) is 24.1. The van der Waals surface area contributed by atoms with Crippen molar-refractivity contribution in [2.24, 2.45) is 0 Å². The average molecular weight is 679 g/mol. The van der Waals surface area contributed by atoms with Gasteiger partial charge in [0.1, 0.15) is 91.6 Å². The molecule has 0 aromatic carbocycles. The summed E-state index contributed by atoms with van der Waals surface area (Å²) in [5.74, 6) is 0. The molecule has 0 unspecified atom stereocenters. The van der Waals surface area contributed by atoms with E-state index in [2.05, 4.69) is 0 Å². The van der Waals surface area contributed by atoms with Crippen molar-refractivity contribution in [3.63, 3.8) is 0 Å². The van der Waals surface area contributed by atoms with E-state index in [1.165, 1.54) is 0 Å². The molecule has 5 aliphatic rings. The van der Waals surface area contributed by atoms with Crippen molar-refractivity contribution in [1.82, 2.24) is 0 Å². The Hall–Kier alpha value is -0.840. The molecular formula is C25H42O21. The molecule has 0 bridgehead atoms. The van der Waals surface area contributed by atoms with Gasteiger partial charge >= 0.3 is 0 Å². The molecule has 0 saturated carbocycles. The topological polar surface area (TPSA) is 326 Å². The fraction of sp³-hybridized carbons (Fsp3) is 1.00. The van der Waals surface area contributed by atoms with E-state index in [9.17, 15) is 61.3 Å².